The molecule has 2 rings (SSSR count). The van der Waals surface area contributed by atoms with Gasteiger partial charge >= 0.3 is 5.97 Å². The maximum Gasteiger partial charge on any atom is 0.311 e. The average Bonchev–Trinajstić information content (AvgIpc) is 2.55. The average molecular weight is 293 g/mol. The molecule has 1 aromatic carbocycles. The second kappa shape index (κ2) is 4.60. The van der Waals surface area contributed by atoms with E-state index >= 15 is 0 Å². The van der Waals surface area contributed by atoms with Gasteiger partial charge in [0.1, 0.15) is 12.2 Å². The summed E-state index contributed by atoms with van der Waals surface area (Å²) in [7, 11) is 0. The van der Waals surface area contributed by atoms with Crippen molar-refractivity contribution in [1.29, 1.82) is 0 Å². The molecule has 0 aliphatic rings. The van der Waals surface area contributed by atoms with Crippen molar-refractivity contribution in [3.63, 3.8) is 0 Å². The number of imidazole rings is 1. The Morgan fingerprint density at radius 3 is 3.00 bits per heavy atom. The van der Waals surface area contributed by atoms with Crippen LogP contribution < -0.4 is 0 Å². The Balaban J connectivity index is 2.61. The number of rotatable bonds is 3. The van der Waals surface area contributed by atoms with Gasteiger partial charge in [0, 0.05) is 4.47 Å². The minimum absolute atomic E-state index is 0.131. The number of carboxylic acid groups (broad SMARTS) is 1. The molecule has 17 heavy (non-hydrogen) atoms. The van der Waals surface area contributed by atoms with E-state index in [0.717, 1.165) is 15.5 Å². The van der Waals surface area contributed by atoms with Crippen LogP contribution in [-0.2, 0) is 17.8 Å². The van der Waals surface area contributed by atoms with Crippen LogP contribution in [0.1, 0.15) is 5.82 Å². The quantitative estimate of drug-likeness (QED) is 0.881. The van der Waals surface area contributed by atoms with Crippen molar-refractivity contribution in [3.05, 3.63) is 28.5 Å². The highest BCUT2D eigenvalue weighted by atomic mass is 79.9. The normalized spacial score (nSPS) is 10.4. The Labute approximate surface area is 106 Å². The molecule has 0 saturated carbocycles. The number of halogens is 1. The fourth-order valence-electron chi connectivity index (χ4n) is 1.69. The molecule has 5 heteroatoms. The lowest BCUT2D eigenvalue weighted by molar-refractivity contribution is -0.136. The number of hydrogen-bond donors (Lipinski definition) is 1. The van der Waals surface area contributed by atoms with E-state index in [0.29, 0.717) is 12.4 Å². The number of aromatic nitrogens is 2. The summed E-state index contributed by atoms with van der Waals surface area (Å²) in [5, 5.41) is 8.83. The van der Waals surface area contributed by atoms with Crippen LogP contribution in [0.2, 0.25) is 0 Å². The molecule has 86 valence electrons. The maximum absolute atomic E-state index is 10.8. The highest BCUT2D eigenvalue weighted by Crippen LogP contribution is 2.21. The van der Waals surface area contributed by atoms with Gasteiger partial charge in [-0.05, 0) is 18.2 Å². The first kappa shape index (κ1) is 11.7. The number of benzene rings is 1. The molecule has 4 nitrogen and oxygen atoms in total. The van der Waals surface area contributed by atoms with Crippen molar-refractivity contribution in [3.8, 4) is 12.3 Å². The minimum atomic E-state index is -0.919. The van der Waals surface area contributed by atoms with E-state index in [1.807, 2.05) is 18.2 Å². The number of carboxylic acids is 1. The van der Waals surface area contributed by atoms with Gasteiger partial charge in [-0.1, -0.05) is 21.9 Å². The van der Waals surface area contributed by atoms with Crippen LogP contribution in [0.5, 0.6) is 0 Å². The second-order valence-electron chi connectivity index (χ2n) is 3.52. The van der Waals surface area contributed by atoms with E-state index in [9.17, 15) is 4.79 Å². The summed E-state index contributed by atoms with van der Waals surface area (Å²) in [6, 6.07) is 5.59. The predicted octanol–water partition coefficient (Wildman–Crippen LogP) is 2.06. The van der Waals surface area contributed by atoms with Crippen LogP contribution in [0.3, 0.4) is 0 Å². The van der Waals surface area contributed by atoms with Crippen molar-refractivity contribution in [1.82, 2.24) is 9.55 Å². The van der Waals surface area contributed by atoms with Gasteiger partial charge in [-0.3, -0.25) is 4.79 Å². The molecule has 2 aromatic rings. The fraction of sp³-hybridized carbons (Fsp3) is 0.167. The predicted molar refractivity (Wildman–Crippen MR) is 67.6 cm³/mol. The van der Waals surface area contributed by atoms with Crippen LogP contribution >= 0.6 is 15.9 Å². The Morgan fingerprint density at radius 2 is 2.35 bits per heavy atom. The number of aliphatic carboxylic acids is 1. The smallest absolute Gasteiger partial charge is 0.311 e. The van der Waals surface area contributed by atoms with Crippen molar-refractivity contribution in [2.75, 3.05) is 0 Å². The molecule has 0 fully saturated rings. The minimum Gasteiger partial charge on any atom is -0.481 e. The lowest BCUT2D eigenvalue weighted by Crippen LogP contribution is -2.08. The zero-order valence-electron chi connectivity index (χ0n) is 8.85. The molecule has 0 aliphatic carbocycles. The van der Waals surface area contributed by atoms with E-state index in [-0.39, 0.29) is 6.42 Å². The number of terminal acetylenes is 1. The Morgan fingerprint density at radius 1 is 1.59 bits per heavy atom. The van der Waals surface area contributed by atoms with E-state index < -0.39 is 5.97 Å². The molecule has 0 radical (unpaired) electrons. The van der Waals surface area contributed by atoms with Crippen molar-refractivity contribution < 1.29 is 9.90 Å². The van der Waals surface area contributed by atoms with E-state index in [2.05, 4.69) is 26.8 Å². The number of fused-ring (bicyclic) bond motifs is 1. The molecule has 0 bridgehead atoms. The Hall–Kier alpha value is -1.80. The van der Waals surface area contributed by atoms with Gasteiger partial charge in [0.25, 0.3) is 0 Å². The summed E-state index contributed by atoms with van der Waals surface area (Å²) in [6.07, 6.45) is 5.15. The number of hydrogen-bond acceptors (Lipinski definition) is 2. The van der Waals surface area contributed by atoms with Gasteiger partial charge in [0.15, 0.2) is 0 Å². The third kappa shape index (κ3) is 2.32. The van der Waals surface area contributed by atoms with Crippen LogP contribution in [-0.4, -0.2) is 20.6 Å². The van der Waals surface area contributed by atoms with Crippen molar-refractivity contribution in [2.45, 2.75) is 13.0 Å². The lowest BCUT2D eigenvalue weighted by atomic mass is 10.3. The summed E-state index contributed by atoms with van der Waals surface area (Å²) < 4.78 is 2.65. The zero-order valence-corrected chi connectivity index (χ0v) is 10.4. The van der Waals surface area contributed by atoms with E-state index in [1.165, 1.54) is 0 Å². The molecule has 0 aliphatic heterocycles. The molecule has 0 atom stereocenters. The Kier molecular flexibility index (Phi) is 3.16. The van der Waals surface area contributed by atoms with Gasteiger partial charge in [0.2, 0.25) is 0 Å². The first-order valence-corrected chi connectivity index (χ1v) is 5.71. The summed E-state index contributed by atoms with van der Waals surface area (Å²) in [6.45, 7) is 0.320. The van der Waals surface area contributed by atoms with Gasteiger partial charge in [-0.15, -0.1) is 6.42 Å². The molecule has 0 spiro atoms. The van der Waals surface area contributed by atoms with Gasteiger partial charge in [-0.2, -0.15) is 0 Å². The van der Waals surface area contributed by atoms with Crippen LogP contribution in [0.4, 0.5) is 0 Å². The standard InChI is InChI=1S/C12H9BrN2O2/c1-2-5-15-10-4-3-8(13)6-9(10)14-11(15)7-12(16)17/h1,3-4,6H,5,7H2,(H,16,17). The Bertz CT molecular complexity index is 625. The highest BCUT2D eigenvalue weighted by molar-refractivity contribution is 9.10. The van der Waals surface area contributed by atoms with Crippen LogP contribution in [0, 0.1) is 12.3 Å². The van der Waals surface area contributed by atoms with Crippen LogP contribution in [0.15, 0.2) is 22.7 Å². The SMILES string of the molecule is C#CCn1c(CC(=O)O)nc2cc(Br)ccc21. The van der Waals surface area contributed by atoms with E-state index in [1.54, 1.807) is 4.57 Å². The topological polar surface area (TPSA) is 55.1 Å². The van der Waals surface area contributed by atoms with Crippen molar-refractivity contribution >= 4 is 32.9 Å². The second-order valence-corrected chi connectivity index (χ2v) is 4.44. The molecule has 0 unspecified atom stereocenters. The molecule has 0 amide bonds. The summed E-state index contributed by atoms with van der Waals surface area (Å²) in [4.78, 5) is 15.0. The van der Waals surface area contributed by atoms with Crippen molar-refractivity contribution in [2.24, 2.45) is 0 Å². The molecule has 0 saturated heterocycles. The highest BCUT2D eigenvalue weighted by Gasteiger charge is 2.12. The molecule has 1 N–H and O–H groups in total. The molecular formula is C12H9BrN2O2. The third-order valence-electron chi connectivity index (χ3n) is 2.35. The van der Waals surface area contributed by atoms with Gasteiger partial charge in [-0.25, -0.2) is 4.98 Å². The first-order valence-electron chi connectivity index (χ1n) is 4.91. The van der Waals surface area contributed by atoms with Gasteiger partial charge < -0.3 is 9.67 Å². The third-order valence-corrected chi connectivity index (χ3v) is 2.84. The van der Waals surface area contributed by atoms with Crippen LogP contribution in [0.25, 0.3) is 11.0 Å². The summed E-state index contributed by atoms with van der Waals surface area (Å²) in [5.41, 5.74) is 1.59. The largest absolute Gasteiger partial charge is 0.481 e. The number of carbonyl (C=O) groups is 1. The lowest BCUT2D eigenvalue weighted by Gasteiger charge is -2.02. The fourth-order valence-corrected chi connectivity index (χ4v) is 2.04. The molecule has 1 aromatic heterocycles. The summed E-state index contributed by atoms with van der Waals surface area (Å²) >= 11 is 3.35. The molecular weight excluding hydrogens is 284 g/mol. The number of nitrogens with zero attached hydrogens (tertiary/aromatic N) is 2. The van der Waals surface area contributed by atoms with Gasteiger partial charge in [0.05, 0.1) is 17.6 Å². The van der Waals surface area contributed by atoms with E-state index in [4.69, 9.17) is 11.5 Å². The monoisotopic (exact) mass is 292 g/mol. The summed E-state index contributed by atoms with van der Waals surface area (Å²) in [5.74, 6) is 2.07. The molecule has 1 heterocycles. The first-order chi connectivity index (χ1) is 8.11. The zero-order chi connectivity index (χ0) is 12.4. The maximum atomic E-state index is 10.8.